The molecule has 0 amide bonds. The Balaban J connectivity index is 2.18. The highest BCUT2D eigenvalue weighted by atomic mass is 79.9. The molecule has 0 bridgehead atoms. The molecular weight excluding hydrogens is 400 g/mol. The monoisotopic (exact) mass is 412 g/mol. The summed E-state index contributed by atoms with van der Waals surface area (Å²) < 4.78 is 12.5. The molecule has 0 radical (unpaired) electrons. The maximum absolute atomic E-state index is 12.2. The number of aryl methyl sites for hydroxylation is 1. The molecule has 0 heterocycles. The van der Waals surface area contributed by atoms with Crippen LogP contribution < -0.4 is 9.47 Å². The van der Waals surface area contributed by atoms with E-state index in [1.165, 1.54) is 0 Å². The first-order valence-corrected chi connectivity index (χ1v) is 8.00. The molecule has 0 spiro atoms. The maximum atomic E-state index is 12.2. The van der Waals surface area contributed by atoms with Gasteiger partial charge in [0.1, 0.15) is 11.5 Å². The fourth-order valence-electron chi connectivity index (χ4n) is 1.82. The van der Waals surface area contributed by atoms with Crippen molar-refractivity contribution in [3.05, 3.63) is 56.5 Å². The maximum Gasteiger partial charge on any atom is 0.343 e. The van der Waals surface area contributed by atoms with Gasteiger partial charge in [-0.25, -0.2) is 4.79 Å². The van der Waals surface area contributed by atoms with Gasteiger partial charge in [-0.05, 0) is 71.7 Å². The largest absolute Gasteiger partial charge is 0.494 e. The van der Waals surface area contributed by atoms with Crippen molar-refractivity contribution in [2.75, 3.05) is 6.61 Å². The van der Waals surface area contributed by atoms with Crippen LogP contribution in [0.4, 0.5) is 0 Å². The summed E-state index contributed by atoms with van der Waals surface area (Å²) >= 11 is 6.80. The third-order valence-electron chi connectivity index (χ3n) is 2.79. The van der Waals surface area contributed by atoms with E-state index in [4.69, 9.17) is 9.47 Å². The smallest absolute Gasteiger partial charge is 0.343 e. The van der Waals surface area contributed by atoms with Gasteiger partial charge in [-0.2, -0.15) is 0 Å². The molecule has 5 heteroatoms. The zero-order valence-electron chi connectivity index (χ0n) is 11.7. The van der Waals surface area contributed by atoms with Crippen molar-refractivity contribution in [1.82, 2.24) is 0 Å². The Morgan fingerprint density at radius 2 is 1.81 bits per heavy atom. The highest BCUT2D eigenvalue weighted by molar-refractivity contribution is 9.11. The molecule has 2 aromatic rings. The number of carbonyl (C=O) groups excluding carboxylic acids is 1. The molecule has 0 saturated heterocycles. The van der Waals surface area contributed by atoms with Gasteiger partial charge in [0.2, 0.25) is 0 Å². The van der Waals surface area contributed by atoms with Crippen molar-refractivity contribution in [3.63, 3.8) is 0 Å². The first-order valence-electron chi connectivity index (χ1n) is 6.42. The van der Waals surface area contributed by atoms with Crippen molar-refractivity contribution < 1.29 is 14.3 Å². The predicted molar refractivity (Wildman–Crippen MR) is 89.1 cm³/mol. The summed E-state index contributed by atoms with van der Waals surface area (Å²) in [6.45, 7) is 4.39. The Morgan fingerprint density at radius 3 is 2.38 bits per heavy atom. The van der Waals surface area contributed by atoms with E-state index >= 15 is 0 Å². The van der Waals surface area contributed by atoms with Crippen molar-refractivity contribution in [2.45, 2.75) is 13.8 Å². The van der Waals surface area contributed by atoms with Crippen LogP contribution in [0, 0.1) is 6.92 Å². The quantitative estimate of drug-likeness (QED) is 0.514. The Kier molecular flexibility index (Phi) is 5.42. The summed E-state index contributed by atoms with van der Waals surface area (Å²) in [5.74, 6) is 0.858. The third kappa shape index (κ3) is 4.08. The van der Waals surface area contributed by atoms with Crippen LogP contribution in [0.2, 0.25) is 0 Å². The molecule has 110 valence electrons. The molecule has 0 N–H and O–H groups in total. The second-order valence-electron chi connectivity index (χ2n) is 4.38. The second kappa shape index (κ2) is 7.09. The second-order valence-corrected chi connectivity index (χ2v) is 6.15. The minimum Gasteiger partial charge on any atom is -0.494 e. The fourth-order valence-corrected chi connectivity index (χ4v) is 3.34. The average Bonchev–Trinajstić information content (AvgIpc) is 2.43. The highest BCUT2D eigenvalue weighted by Crippen LogP contribution is 2.33. The summed E-state index contributed by atoms with van der Waals surface area (Å²) in [4.78, 5) is 12.2. The number of rotatable bonds is 4. The standard InChI is InChI=1S/C16H14Br2O3/c1-3-20-13-6-4-11(5-7-13)16(19)21-15-10(2)8-12(17)9-14(15)18/h4-9H,3H2,1-2H3. The van der Waals surface area contributed by atoms with E-state index < -0.39 is 5.97 Å². The summed E-state index contributed by atoms with van der Waals surface area (Å²) in [6.07, 6.45) is 0. The topological polar surface area (TPSA) is 35.5 Å². The van der Waals surface area contributed by atoms with Crippen LogP contribution in [0.1, 0.15) is 22.8 Å². The molecule has 2 rings (SSSR count). The van der Waals surface area contributed by atoms with Crippen LogP contribution in [-0.4, -0.2) is 12.6 Å². The fraction of sp³-hybridized carbons (Fsp3) is 0.188. The van der Waals surface area contributed by atoms with E-state index in [1.807, 2.05) is 26.0 Å². The van der Waals surface area contributed by atoms with Gasteiger partial charge in [-0.3, -0.25) is 0 Å². The van der Waals surface area contributed by atoms with Gasteiger partial charge < -0.3 is 9.47 Å². The van der Waals surface area contributed by atoms with Gasteiger partial charge in [0.15, 0.2) is 0 Å². The summed E-state index contributed by atoms with van der Waals surface area (Å²) in [6, 6.07) is 10.6. The summed E-state index contributed by atoms with van der Waals surface area (Å²) in [5.41, 5.74) is 1.35. The van der Waals surface area contributed by atoms with Gasteiger partial charge in [0.05, 0.1) is 16.6 Å². The Bertz CT molecular complexity index is 628. The molecule has 21 heavy (non-hydrogen) atoms. The van der Waals surface area contributed by atoms with E-state index in [-0.39, 0.29) is 0 Å². The zero-order valence-corrected chi connectivity index (χ0v) is 14.8. The van der Waals surface area contributed by atoms with E-state index in [1.54, 1.807) is 24.3 Å². The first kappa shape index (κ1) is 16.0. The normalized spacial score (nSPS) is 10.3. The molecule has 0 fully saturated rings. The van der Waals surface area contributed by atoms with Gasteiger partial charge in [0, 0.05) is 4.47 Å². The number of esters is 1. The van der Waals surface area contributed by atoms with Crippen LogP contribution in [0.3, 0.4) is 0 Å². The van der Waals surface area contributed by atoms with Crippen LogP contribution >= 0.6 is 31.9 Å². The predicted octanol–water partition coefficient (Wildman–Crippen LogP) is 5.14. The number of carbonyl (C=O) groups is 1. The van der Waals surface area contributed by atoms with Crippen LogP contribution in [0.5, 0.6) is 11.5 Å². The number of hydrogen-bond acceptors (Lipinski definition) is 3. The van der Waals surface area contributed by atoms with Crippen LogP contribution in [-0.2, 0) is 0 Å². The molecular formula is C16H14Br2O3. The van der Waals surface area contributed by atoms with Crippen molar-refractivity contribution in [2.24, 2.45) is 0 Å². The molecule has 0 atom stereocenters. The molecule has 3 nitrogen and oxygen atoms in total. The van der Waals surface area contributed by atoms with Crippen molar-refractivity contribution >= 4 is 37.8 Å². The van der Waals surface area contributed by atoms with Crippen molar-refractivity contribution in [1.29, 1.82) is 0 Å². The number of benzene rings is 2. The van der Waals surface area contributed by atoms with Crippen molar-refractivity contribution in [3.8, 4) is 11.5 Å². The van der Waals surface area contributed by atoms with Crippen LogP contribution in [0.25, 0.3) is 0 Å². The number of halogens is 2. The molecule has 0 aliphatic heterocycles. The highest BCUT2D eigenvalue weighted by Gasteiger charge is 2.14. The van der Waals surface area contributed by atoms with Crippen LogP contribution in [0.15, 0.2) is 45.3 Å². The minimum absolute atomic E-state index is 0.399. The van der Waals surface area contributed by atoms with E-state index in [2.05, 4.69) is 31.9 Å². The first-order chi connectivity index (χ1) is 10.0. The Labute approximate surface area is 140 Å². The SMILES string of the molecule is CCOc1ccc(C(=O)Oc2c(C)cc(Br)cc2Br)cc1. The molecule has 0 aliphatic carbocycles. The lowest BCUT2D eigenvalue weighted by Gasteiger charge is -2.10. The van der Waals surface area contributed by atoms with Gasteiger partial charge in [0.25, 0.3) is 0 Å². The Hall–Kier alpha value is -1.33. The van der Waals surface area contributed by atoms with E-state index in [0.29, 0.717) is 17.9 Å². The lowest BCUT2D eigenvalue weighted by Crippen LogP contribution is -2.09. The molecule has 0 unspecified atom stereocenters. The lowest BCUT2D eigenvalue weighted by atomic mass is 10.2. The molecule has 2 aromatic carbocycles. The average molecular weight is 414 g/mol. The van der Waals surface area contributed by atoms with E-state index in [0.717, 1.165) is 20.3 Å². The number of ether oxygens (including phenoxy) is 2. The van der Waals surface area contributed by atoms with Gasteiger partial charge in [-0.15, -0.1) is 0 Å². The lowest BCUT2D eigenvalue weighted by molar-refractivity contribution is 0.0732. The molecule has 0 saturated carbocycles. The minimum atomic E-state index is -0.399. The molecule has 0 aliphatic rings. The summed E-state index contributed by atoms with van der Waals surface area (Å²) in [5, 5.41) is 0. The van der Waals surface area contributed by atoms with Gasteiger partial charge in [-0.1, -0.05) is 15.9 Å². The molecule has 0 aromatic heterocycles. The Morgan fingerprint density at radius 1 is 1.14 bits per heavy atom. The summed E-state index contributed by atoms with van der Waals surface area (Å²) in [7, 11) is 0. The zero-order chi connectivity index (χ0) is 15.4. The van der Waals surface area contributed by atoms with E-state index in [9.17, 15) is 4.79 Å². The number of hydrogen-bond donors (Lipinski definition) is 0. The third-order valence-corrected chi connectivity index (χ3v) is 3.84. The van der Waals surface area contributed by atoms with Gasteiger partial charge >= 0.3 is 5.97 Å².